The minimum absolute atomic E-state index is 0.291. The van der Waals surface area contributed by atoms with E-state index in [9.17, 15) is 4.79 Å². The van der Waals surface area contributed by atoms with E-state index in [1.807, 2.05) is 37.3 Å². The summed E-state index contributed by atoms with van der Waals surface area (Å²) in [6, 6.07) is 12.8. The number of imidazole rings is 1. The highest BCUT2D eigenvalue weighted by Gasteiger charge is 2.10. The predicted octanol–water partition coefficient (Wildman–Crippen LogP) is 2.98. The molecular formula is C18H14N6O. The molecule has 0 bridgehead atoms. The van der Waals surface area contributed by atoms with Gasteiger partial charge >= 0.3 is 0 Å². The Labute approximate surface area is 143 Å². The van der Waals surface area contributed by atoms with Crippen LogP contribution in [0.1, 0.15) is 16.3 Å². The number of aryl methyl sites for hydroxylation is 1. The third kappa shape index (κ3) is 3.07. The number of amides is 1. The van der Waals surface area contributed by atoms with Crippen molar-refractivity contribution in [2.24, 2.45) is 0 Å². The summed E-state index contributed by atoms with van der Waals surface area (Å²) in [5, 5.41) is 2.86. The number of carbonyl (C=O) groups is 1. The van der Waals surface area contributed by atoms with E-state index in [4.69, 9.17) is 0 Å². The smallest absolute Gasteiger partial charge is 0.274 e. The van der Waals surface area contributed by atoms with Crippen LogP contribution in [0, 0.1) is 6.92 Å². The van der Waals surface area contributed by atoms with E-state index < -0.39 is 0 Å². The number of aromatic amines is 1. The lowest BCUT2D eigenvalue weighted by Crippen LogP contribution is -2.13. The van der Waals surface area contributed by atoms with Gasteiger partial charge in [-0.15, -0.1) is 0 Å². The quantitative estimate of drug-likeness (QED) is 0.602. The Hall–Kier alpha value is -3.61. The minimum Gasteiger partial charge on any atom is -0.343 e. The number of carbonyl (C=O) groups excluding carboxylic acids is 1. The molecule has 0 fully saturated rings. The molecule has 0 radical (unpaired) electrons. The average Bonchev–Trinajstić information content (AvgIpc) is 3.09. The first-order chi connectivity index (χ1) is 12.2. The van der Waals surface area contributed by atoms with Crippen molar-refractivity contribution in [1.29, 1.82) is 0 Å². The fourth-order valence-corrected chi connectivity index (χ4v) is 2.52. The molecule has 0 unspecified atom stereocenters. The number of pyridine rings is 1. The van der Waals surface area contributed by atoms with Crippen LogP contribution in [0.15, 0.2) is 55.0 Å². The second-order valence-corrected chi connectivity index (χ2v) is 5.49. The summed E-state index contributed by atoms with van der Waals surface area (Å²) in [5.74, 6) is 0.407. The Kier molecular flexibility index (Phi) is 3.66. The molecule has 0 saturated carbocycles. The van der Waals surface area contributed by atoms with Crippen molar-refractivity contribution < 1.29 is 4.79 Å². The molecule has 122 valence electrons. The lowest BCUT2D eigenvalue weighted by molar-refractivity contribution is 0.102. The molecule has 1 amide bonds. The monoisotopic (exact) mass is 330 g/mol. The van der Waals surface area contributed by atoms with Gasteiger partial charge in [0.15, 0.2) is 5.65 Å². The van der Waals surface area contributed by atoms with Crippen molar-refractivity contribution in [3.8, 4) is 11.3 Å². The van der Waals surface area contributed by atoms with Crippen LogP contribution in [0.5, 0.6) is 0 Å². The zero-order valence-electron chi connectivity index (χ0n) is 13.4. The molecule has 7 nitrogen and oxygen atoms in total. The Balaban J connectivity index is 1.60. The van der Waals surface area contributed by atoms with Gasteiger partial charge in [0.2, 0.25) is 0 Å². The topological polar surface area (TPSA) is 96.5 Å². The van der Waals surface area contributed by atoms with E-state index in [1.54, 1.807) is 24.7 Å². The molecule has 0 aliphatic rings. The molecule has 25 heavy (non-hydrogen) atoms. The number of nitrogens with one attached hydrogen (secondary N) is 2. The summed E-state index contributed by atoms with van der Waals surface area (Å²) in [5.41, 5.74) is 3.99. The number of nitrogens with zero attached hydrogens (tertiary/aromatic N) is 4. The Morgan fingerprint density at radius 3 is 2.88 bits per heavy atom. The first kappa shape index (κ1) is 14.9. The van der Waals surface area contributed by atoms with Crippen LogP contribution in [0.4, 0.5) is 5.69 Å². The van der Waals surface area contributed by atoms with Gasteiger partial charge in [0.25, 0.3) is 5.91 Å². The van der Waals surface area contributed by atoms with Crippen molar-refractivity contribution in [3.63, 3.8) is 0 Å². The van der Waals surface area contributed by atoms with Crippen LogP contribution in [-0.4, -0.2) is 30.8 Å². The van der Waals surface area contributed by atoms with E-state index in [1.165, 1.54) is 0 Å². The Morgan fingerprint density at radius 2 is 2.00 bits per heavy atom. The van der Waals surface area contributed by atoms with Crippen LogP contribution >= 0.6 is 0 Å². The molecule has 3 heterocycles. The SMILES string of the molecule is Cc1nccc(-c2cccc(NC(=O)c3ccc4[nH]cnc4n3)c2)n1. The molecule has 0 saturated heterocycles. The zero-order chi connectivity index (χ0) is 17.2. The molecule has 7 heteroatoms. The van der Waals surface area contributed by atoms with Gasteiger partial charge in [-0.1, -0.05) is 12.1 Å². The van der Waals surface area contributed by atoms with E-state index in [2.05, 4.69) is 30.2 Å². The summed E-state index contributed by atoms with van der Waals surface area (Å²) in [7, 11) is 0. The second-order valence-electron chi connectivity index (χ2n) is 5.49. The lowest BCUT2D eigenvalue weighted by atomic mass is 10.1. The van der Waals surface area contributed by atoms with E-state index in [0.717, 1.165) is 16.8 Å². The summed E-state index contributed by atoms with van der Waals surface area (Å²) >= 11 is 0. The summed E-state index contributed by atoms with van der Waals surface area (Å²) < 4.78 is 0. The van der Waals surface area contributed by atoms with Gasteiger partial charge < -0.3 is 10.3 Å². The first-order valence-electron chi connectivity index (χ1n) is 7.70. The van der Waals surface area contributed by atoms with Crippen LogP contribution in [-0.2, 0) is 0 Å². The van der Waals surface area contributed by atoms with E-state index in [-0.39, 0.29) is 5.91 Å². The van der Waals surface area contributed by atoms with Crippen molar-refractivity contribution in [3.05, 3.63) is 66.5 Å². The second kappa shape index (κ2) is 6.12. The average molecular weight is 330 g/mol. The van der Waals surface area contributed by atoms with Crippen LogP contribution in [0.25, 0.3) is 22.4 Å². The van der Waals surface area contributed by atoms with Crippen molar-refractivity contribution in [1.82, 2.24) is 24.9 Å². The highest BCUT2D eigenvalue weighted by molar-refractivity contribution is 6.04. The predicted molar refractivity (Wildman–Crippen MR) is 94.0 cm³/mol. The maximum absolute atomic E-state index is 12.4. The van der Waals surface area contributed by atoms with Crippen molar-refractivity contribution in [2.75, 3.05) is 5.32 Å². The molecule has 2 N–H and O–H groups in total. The van der Waals surface area contributed by atoms with Gasteiger partial charge in [-0.25, -0.2) is 19.9 Å². The maximum Gasteiger partial charge on any atom is 0.274 e. The van der Waals surface area contributed by atoms with Crippen LogP contribution < -0.4 is 5.32 Å². The number of fused-ring (bicyclic) bond motifs is 1. The fraction of sp³-hybridized carbons (Fsp3) is 0.0556. The van der Waals surface area contributed by atoms with Gasteiger partial charge in [0, 0.05) is 17.4 Å². The highest BCUT2D eigenvalue weighted by atomic mass is 16.1. The standard InChI is InChI=1S/C18H14N6O/c1-11-19-8-7-14(22-11)12-3-2-4-13(9-12)23-18(25)16-6-5-15-17(24-16)21-10-20-15/h2-10H,1H3,(H,23,25)(H,20,21,24). The third-order valence-corrected chi connectivity index (χ3v) is 3.71. The maximum atomic E-state index is 12.4. The van der Waals surface area contributed by atoms with E-state index >= 15 is 0 Å². The molecular weight excluding hydrogens is 316 g/mol. The van der Waals surface area contributed by atoms with Crippen LogP contribution in [0.2, 0.25) is 0 Å². The first-order valence-corrected chi connectivity index (χ1v) is 7.70. The molecule has 4 aromatic rings. The molecule has 0 spiro atoms. The van der Waals surface area contributed by atoms with Gasteiger partial charge in [-0.2, -0.15) is 0 Å². The number of benzene rings is 1. The number of hydrogen-bond acceptors (Lipinski definition) is 5. The molecule has 0 aliphatic carbocycles. The van der Waals surface area contributed by atoms with Gasteiger partial charge in [-0.05, 0) is 37.3 Å². The molecule has 0 aliphatic heterocycles. The van der Waals surface area contributed by atoms with Gasteiger partial charge in [-0.3, -0.25) is 4.79 Å². The number of anilines is 1. The largest absolute Gasteiger partial charge is 0.343 e. The summed E-state index contributed by atoms with van der Waals surface area (Å²) in [6.45, 7) is 1.84. The lowest BCUT2D eigenvalue weighted by Gasteiger charge is -2.07. The number of aromatic nitrogens is 5. The van der Waals surface area contributed by atoms with Crippen LogP contribution in [0.3, 0.4) is 0 Å². The molecule has 0 atom stereocenters. The zero-order valence-corrected chi connectivity index (χ0v) is 13.4. The highest BCUT2D eigenvalue weighted by Crippen LogP contribution is 2.21. The molecule has 1 aromatic carbocycles. The van der Waals surface area contributed by atoms with Gasteiger partial charge in [0.1, 0.15) is 11.5 Å². The van der Waals surface area contributed by atoms with Crippen molar-refractivity contribution in [2.45, 2.75) is 6.92 Å². The molecule has 4 rings (SSSR count). The number of hydrogen-bond donors (Lipinski definition) is 2. The normalized spacial score (nSPS) is 10.8. The third-order valence-electron chi connectivity index (χ3n) is 3.71. The molecule has 3 aromatic heterocycles. The minimum atomic E-state index is -0.291. The number of H-pyrrole nitrogens is 1. The van der Waals surface area contributed by atoms with Gasteiger partial charge in [0.05, 0.1) is 17.5 Å². The Morgan fingerprint density at radius 1 is 1.08 bits per heavy atom. The van der Waals surface area contributed by atoms with Crippen molar-refractivity contribution >= 4 is 22.8 Å². The fourth-order valence-electron chi connectivity index (χ4n) is 2.52. The Bertz CT molecular complexity index is 1070. The summed E-state index contributed by atoms with van der Waals surface area (Å²) in [6.07, 6.45) is 3.26. The summed E-state index contributed by atoms with van der Waals surface area (Å²) in [4.78, 5) is 32.2. The van der Waals surface area contributed by atoms with E-state index in [0.29, 0.717) is 22.9 Å². The number of rotatable bonds is 3.